The molecule has 0 radical (unpaired) electrons. The zero-order valence-corrected chi connectivity index (χ0v) is 15.1. The van der Waals surface area contributed by atoms with Crippen LogP contribution in [-0.4, -0.2) is 18.7 Å². The molecule has 0 spiro atoms. The Morgan fingerprint density at radius 2 is 1.96 bits per heavy atom. The minimum Gasteiger partial charge on any atom is -0.477 e. The first-order chi connectivity index (χ1) is 11.9. The molecule has 1 atom stereocenters. The second kappa shape index (κ2) is 8.61. The van der Waals surface area contributed by atoms with Gasteiger partial charge in [-0.15, -0.1) is 0 Å². The van der Waals surface area contributed by atoms with E-state index in [9.17, 15) is 10.1 Å². The molecule has 0 aliphatic carbocycles. The summed E-state index contributed by atoms with van der Waals surface area (Å²) in [5.41, 5.74) is 0.269. The Hall–Kier alpha value is -2.42. The number of ether oxygens (including phenoxy) is 3. The maximum atomic E-state index is 11.7. The van der Waals surface area contributed by atoms with Crippen LogP contribution in [0.2, 0.25) is 10.0 Å². The minimum atomic E-state index is -0.860. The van der Waals surface area contributed by atoms with Gasteiger partial charge in [-0.1, -0.05) is 23.2 Å². The zero-order chi connectivity index (χ0) is 18.4. The van der Waals surface area contributed by atoms with Gasteiger partial charge in [-0.3, -0.25) is 0 Å². The highest BCUT2D eigenvalue weighted by molar-refractivity contribution is 6.35. The fourth-order valence-corrected chi connectivity index (χ4v) is 2.39. The number of rotatable bonds is 6. The summed E-state index contributed by atoms with van der Waals surface area (Å²) in [6.07, 6.45) is -0.860. The molecule has 0 aliphatic rings. The summed E-state index contributed by atoms with van der Waals surface area (Å²) in [7, 11) is 0. The van der Waals surface area contributed by atoms with E-state index in [1.54, 1.807) is 38.1 Å². The quantitative estimate of drug-likeness (QED) is 0.661. The van der Waals surface area contributed by atoms with Crippen molar-refractivity contribution in [2.75, 3.05) is 6.61 Å². The molecule has 2 rings (SSSR count). The van der Waals surface area contributed by atoms with E-state index in [0.29, 0.717) is 21.5 Å². The van der Waals surface area contributed by atoms with E-state index in [1.165, 1.54) is 12.1 Å². The van der Waals surface area contributed by atoms with Crippen LogP contribution in [0.3, 0.4) is 0 Å². The number of nitrogens with zero attached hydrogens (tertiary/aromatic N) is 1. The molecule has 25 heavy (non-hydrogen) atoms. The molecule has 2 aromatic rings. The lowest BCUT2D eigenvalue weighted by atomic mass is 10.2. The number of carbonyl (C=O) groups excluding carboxylic acids is 1. The van der Waals surface area contributed by atoms with Crippen molar-refractivity contribution >= 4 is 29.2 Å². The average Bonchev–Trinajstić information content (AvgIpc) is 2.58. The minimum absolute atomic E-state index is 0.214. The number of esters is 1. The summed E-state index contributed by atoms with van der Waals surface area (Å²) in [5, 5.41) is 10.0. The smallest absolute Gasteiger partial charge is 0.347 e. The molecule has 0 N–H and O–H groups in total. The Morgan fingerprint density at radius 3 is 2.60 bits per heavy atom. The van der Waals surface area contributed by atoms with Gasteiger partial charge in [0.2, 0.25) is 0 Å². The van der Waals surface area contributed by atoms with Gasteiger partial charge in [0.25, 0.3) is 0 Å². The standard InChI is InChI=1S/C18H15Cl2NO4/c1-3-23-18(22)11(2)24-17-9-14(6-4-12(17)10-21)25-16-7-5-13(19)8-15(16)20/h4-9,11H,3H2,1-2H3. The predicted octanol–water partition coefficient (Wildman–Crippen LogP) is 4.99. The molecule has 0 bridgehead atoms. The van der Waals surface area contributed by atoms with E-state index < -0.39 is 12.1 Å². The molecule has 0 aliphatic heterocycles. The molecule has 0 heterocycles. The van der Waals surface area contributed by atoms with Gasteiger partial charge in [-0.05, 0) is 44.2 Å². The van der Waals surface area contributed by atoms with Crippen molar-refractivity contribution in [2.45, 2.75) is 20.0 Å². The number of hydrogen-bond donors (Lipinski definition) is 0. The number of nitriles is 1. The number of carbonyl (C=O) groups is 1. The molecule has 0 amide bonds. The summed E-state index contributed by atoms with van der Waals surface area (Å²) >= 11 is 11.9. The van der Waals surface area contributed by atoms with Crippen LogP contribution in [0, 0.1) is 11.3 Å². The van der Waals surface area contributed by atoms with Gasteiger partial charge in [0.05, 0.1) is 17.2 Å². The lowest BCUT2D eigenvalue weighted by Gasteiger charge is -2.15. The first kappa shape index (κ1) is 18.9. The van der Waals surface area contributed by atoms with E-state index in [1.807, 2.05) is 6.07 Å². The largest absolute Gasteiger partial charge is 0.477 e. The summed E-state index contributed by atoms with van der Waals surface area (Å²) in [5.74, 6) is 0.499. The van der Waals surface area contributed by atoms with Gasteiger partial charge in [0.1, 0.15) is 23.3 Å². The number of halogens is 2. The average molecular weight is 380 g/mol. The zero-order valence-electron chi connectivity index (χ0n) is 13.6. The van der Waals surface area contributed by atoms with E-state index in [0.717, 1.165) is 0 Å². The lowest BCUT2D eigenvalue weighted by molar-refractivity contribution is -0.150. The van der Waals surface area contributed by atoms with Crippen molar-refractivity contribution in [2.24, 2.45) is 0 Å². The second-order valence-electron chi connectivity index (χ2n) is 4.96. The van der Waals surface area contributed by atoms with Crippen LogP contribution in [0.15, 0.2) is 36.4 Å². The van der Waals surface area contributed by atoms with Gasteiger partial charge < -0.3 is 14.2 Å². The molecule has 5 nitrogen and oxygen atoms in total. The number of hydrogen-bond acceptors (Lipinski definition) is 5. The Kier molecular flexibility index (Phi) is 6.51. The Bertz CT molecular complexity index is 817. The molecule has 1 unspecified atom stereocenters. The van der Waals surface area contributed by atoms with Crippen LogP contribution in [0.25, 0.3) is 0 Å². The normalized spacial score (nSPS) is 11.3. The summed E-state index contributed by atoms with van der Waals surface area (Å²) < 4.78 is 16.1. The van der Waals surface area contributed by atoms with Crippen molar-refractivity contribution in [3.05, 3.63) is 52.0 Å². The number of benzene rings is 2. The Morgan fingerprint density at radius 1 is 1.20 bits per heavy atom. The molecule has 7 heteroatoms. The van der Waals surface area contributed by atoms with Crippen LogP contribution in [0.1, 0.15) is 19.4 Å². The van der Waals surface area contributed by atoms with Crippen molar-refractivity contribution in [3.8, 4) is 23.3 Å². The fraction of sp³-hybridized carbons (Fsp3) is 0.222. The monoisotopic (exact) mass is 379 g/mol. The predicted molar refractivity (Wildman–Crippen MR) is 94.4 cm³/mol. The van der Waals surface area contributed by atoms with Gasteiger partial charge in [0, 0.05) is 11.1 Å². The van der Waals surface area contributed by atoms with E-state index >= 15 is 0 Å². The SMILES string of the molecule is CCOC(=O)C(C)Oc1cc(Oc2ccc(Cl)cc2Cl)ccc1C#N. The summed E-state index contributed by atoms with van der Waals surface area (Å²) in [4.78, 5) is 11.7. The third-order valence-corrected chi connectivity index (χ3v) is 3.65. The first-order valence-electron chi connectivity index (χ1n) is 7.45. The summed E-state index contributed by atoms with van der Waals surface area (Å²) in [6, 6.07) is 11.5. The molecule has 0 fully saturated rings. The van der Waals surface area contributed by atoms with Crippen molar-refractivity contribution in [3.63, 3.8) is 0 Å². The van der Waals surface area contributed by atoms with Crippen molar-refractivity contribution in [1.82, 2.24) is 0 Å². The lowest BCUT2D eigenvalue weighted by Crippen LogP contribution is -2.26. The van der Waals surface area contributed by atoms with Crippen LogP contribution in [0.4, 0.5) is 0 Å². The molecular formula is C18H15Cl2NO4. The second-order valence-corrected chi connectivity index (χ2v) is 5.80. The highest BCUT2D eigenvalue weighted by Gasteiger charge is 2.18. The molecule has 0 saturated heterocycles. The molecule has 2 aromatic carbocycles. The maximum absolute atomic E-state index is 11.7. The topological polar surface area (TPSA) is 68.6 Å². The Balaban J connectivity index is 2.24. The van der Waals surface area contributed by atoms with Gasteiger partial charge in [-0.2, -0.15) is 5.26 Å². The van der Waals surface area contributed by atoms with E-state index in [2.05, 4.69) is 0 Å². The van der Waals surface area contributed by atoms with Crippen LogP contribution in [-0.2, 0) is 9.53 Å². The van der Waals surface area contributed by atoms with Crippen molar-refractivity contribution in [1.29, 1.82) is 5.26 Å². The van der Waals surface area contributed by atoms with Crippen LogP contribution in [0.5, 0.6) is 17.2 Å². The van der Waals surface area contributed by atoms with E-state index in [4.69, 9.17) is 37.4 Å². The fourth-order valence-electron chi connectivity index (χ4n) is 1.94. The third kappa shape index (κ3) is 5.02. The highest BCUT2D eigenvalue weighted by atomic mass is 35.5. The van der Waals surface area contributed by atoms with Crippen molar-refractivity contribution < 1.29 is 19.0 Å². The van der Waals surface area contributed by atoms with E-state index in [-0.39, 0.29) is 17.9 Å². The highest BCUT2D eigenvalue weighted by Crippen LogP contribution is 2.34. The van der Waals surface area contributed by atoms with Crippen LogP contribution >= 0.6 is 23.2 Å². The third-order valence-electron chi connectivity index (χ3n) is 3.12. The van der Waals surface area contributed by atoms with Crippen LogP contribution < -0.4 is 9.47 Å². The first-order valence-corrected chi connectivity index (χ1v) is 8.20. The molecule has 130 valence electrons. The van der Waals surface area contributed by atoms with Gasteiger partial charge >= 0.3 is 5.97 Å². The Labute approximate surface area is 155 Å². The molecular weight excluding hydrogens is 365 g/mol. The molecule has 0 aromatic heterocycles. The maximum Gasteiger partial charge on any atom is 0.347 e. The summed E-state index contributed by atoms with van der Waals surface area (Å²) in [6.45, 7) is 3.49. The van der Waals surface area contributed by atoms with Gasteiger partial charge in [0.15, 0.2) is 6.10 Å². The molecule has 0 saturated carbocycles. The van der Waals surface area contributed by atoms with Gasteiger partial charge in [-0.25, -0.2) is 4.79 Å².